The van der Waals surface area contributed by atoms with E-state index in [0.29, 0.717) is 17.6 Å². The summed E-state index contributed by atoms with van der Waals surface area (Å²) in [5.74, 6) is -0.385. The number of ether oxygens (including phenoxy) is 1. The molecular formula is C14H16N2O2S. The zero-order valence-corrected chi connectivity index (χ0v) is 11.4. The normalized spacial score (nSPS) is 16.2. The highest BCUT2D eigenvalue weighted by atomic mass is 32.1. The highest BCUT2D eigenvalue weighted by Gasteiger charge is 2.16. The number of aromatic nitrogens is 1. The van der Waals surface area contributed by atoms with Gasteiger partial charge in [-0.1, -0.05) is 12.8 Å². The topological polar surface area (TPSA) is 65.2 Å². The fourth-order valence-electron chi connectivity index (χ4n) is 2.52. The Hall–Kier alpha value is -1.46. The largest absolute Gasteiger partial charge is 0.373 e. The molecule has 2 aromatic rings. The minimum absolute atomic E-state index is 0.379. The van der Waals surface area contributed by atoms with Gasteiger partial charge in [-0.25, -0.2) is 0 Å². The molecule has 5 heteroatoms. The van der Waals surface area contributed by atoms with Gasteiger partial charge in [-0.15, -0.1) is 11.3 Å². The Morgan fingerprint density at radius 2 is 2.21 bits per heavy atom. The second-order valence-electron chi connectivity index (χ2n) is 4.90. The van der Waals surface area contributed by atoms with Gasteiger partial charge < -0.3 is 10.5 Å². The Bertz CT molecular complexity index is 603. The number of primary amides is 1. The van der Waals surface area contributed by atoms with Crippen LogP contribution < -0.4 is 5.73 Å². The maximum absolute atomic E-state index is 11.2. The van der Waals surface area contributed by atoms with E-state index >= 15 is 0 Å². The number of carbonyl (C=O) groups is 1. The highest BCUT2D eigenvalue weighted by Crippen LogP contribution is 2.29. The molecule has 1 fully saturated rings. The van der Waals surface area contributed by atoms with Crippen LogP contribution >= 0.6 is 11.3 Å². The van der Waals surface area contributed by atoms with Crippen molar-refractivity contribution in [2.45, 2.75) is 38.4 Å². The van der Waals surface area contributed by atoms with Gasteiger partial charge in [0.25, 0.3) is 5.91 Å². The molecule has 0 bridgehead atoms. The second kappa shape index (κ2) is 5.27. The Morgan fingerprint density at radius 3 is 2.95 bits per heavy atom. The van der Waals surface area contributed by atoms with E-state index in [4.69, 9.17) is 10.5 Å². The fourth-order valence-corrected chi connectivity index (χ4v) is 3.44. The van der Waals surface area contributed by atoms with Crippen molar-refractivity contribution < 1.29 is 9.53 Å². The van der Waals surface area contributed by atoms with Crippen LogP contribution in [0.3, 0.4) is 0 Å². The first kappa shape index (κ1) is 12.6. The lowest BCUT2D eigenvalue weighted by Gasteiger charge is -2.11. The number of nitrogens with two attached hydrogens (primary N) is 1. The molecule has 1 amide bonds. The van der Waals surface area contributed by atoms with Crippen LogP contribution in [0.5, 0.6) is 0 Å². The third-order valence-corrected chi connectivity index (χ3v) is 4.63. The van der Waals surface area contributed by atoms with Crippen molar-refractivity contribution in [2.24, 2.45) is 5.73 Å². The SMILES string of the molecule is NC(=O)c1cc2c(COC3CCCC3)cncc2s1. The summed E-state index contributed by atoms with van der Waals surface area (Å²) >= 11 is 1.39. The molecule has 100 valence electrons. The van der Waals surface area contributed by atoms with Crippen LogP contribution in [0.25, 0.3) is 10.1 Å². The minimum atomic E-state index is -0.385. The van der Waals surface area contributed by atoms with Gasteiger partial charge in [-0.2, -0.15) is 0 Å². The summed E-state index contributed by atoms with van der Waals surface area (Å²) in [4.78, 5) is 16.0. The van der Waals surface area contributed by atoms with E-state index in [1.807, 2.05) is 12.3 Å². The number of pyridine rings is 1. The van der Waals surface area contributed by atoms with Crippen LogP contribution in [0.4, 0.5) is 0 Å². The summed E-state index contributed by atoms with van der Waals surface area (Å²) in [6.07, 6.45) is 8.79. The van der Waals surface area contributed by atoms with E-state index in [9.17, 15) is 4.79 Å². The second-order valence-corrected chi connectivity index (χ2v) is 5.99. The van der Waals surface area contributed by atoms with Crippen molar-refractivity contribution in [1.29, 1.82) is 0 Å². The summed E-state index contributed by atoms with van der Waals surface area (Å²) < 4.78 is 6.90. The zero-order chi connectivity index (χ0) is 13.2. The molecule has 0 atom stereocenters. The molecular weight excluding hydrogens is 260 g/mol. The van der Waals surface area contributed by atoms with Crippen LogP contribution in [0.15, 0.2) is 18.5 Å². The Labute approximate surface area is 115 Å². The maximum atomic E-state index is 11.2. The number of amides is 1. The number of fused-ring (bicyclic) bond motifs is 1. The van der Waals surface area contributed by atoms with E-state index in [2.05, 4.69) is 4.98 Å². The summed E-state index contributed by atoms with van der Waals surface area (Å²) in [5.41, 5.74) is 6.36. The van der Waals surface area contributed by atoms with Gasteiger partial charge >= 0.3 is 0 Å². The maximum Gasteiger partial charge on any atom is 0.258 e. The third-order valence-electron chi connectivity index (χ3n) is 3.55. The van der Waals surface area contributed by atoms with E-state index in [1.54, 1.807) is 6.20 Å². The minimum Gasteiger partial charge on any atom is -0.373 e. The monoisotopic (exact) mass is 276 g/mol. The van der Waals surface area contributed by atoms with Crippen LogP contribution in [0.1, 0.15) is 40.9 Å². The Balaban J connectivity index is 1.83. The van der Waals surface area contributed by atoms with E-state index in [1.165, 1.54) is 24.2 Å². The summed E-state index contributed by atoms with van der Waals surface area (Å²) in [7, 11) is 0. The predicted octanol–water partition coefficient (Wildman–Crippen LogP) is 2.85. The first-order valence-electron chi connectivity index (χ1n) is 6.52. The van der Waals surface area contributed by atoms with Gasteiger partial charge in [0.05, 0.1) is 22.3 Å². The first-order valence-corrected chi connectivity index (χ1v) is 7.33. The molecule has 0 spiro atoms. The average Bonchev–Trinajstić information content (AvgIpc) is 3.05. The first-order chi connectivity index (χ1) is 9.24. The molecule has 0 unspecified atom stereocenters. The van der Waals surface area contributed by atoms with E-state index in [-0.39, 0.29) is 5.91 Å². The molecule has 0 aromatic carbocycles. The number of thiophene rings is 1. The number of rotatable bonds is 4. The molecule has 1 saturated carbocycles. The number of carbonyl (C=O) groups excluding carboxylic acids is 1. The van der Waals surface area contributed by atoms with Crippen molar-refractivity contribution in [2.75, 3.05) is 0 Å². The highest BCUT2D eigenvalue weighted by molar-refractivity contribution is 7.20. The lowest BCUT2D eigenvalue weighted by atomic mass is 10.2. The predicted molar refractivity (Wildman–Crippen MR) is 75.2 cm³/mol. The van der Waals surface area contributed by atoms with Gasteiger partial charge in [0.15, 0.2) is 0 Å². The van der Waals surface area contributed by atoms with Crippen molar-refractivity contribution in [1.82, 2.24) is 4.98 Å². The fraction of sp³-hybridized carbons (Fsp3) is 0.429. The summed E-state index contributed by atoms with van der Waals surface area (Å²) in [6, 6.07) is 1.84. The van der Waals surface area contributed by atoms with Crippen LogP contribution in [-0.4, -0.2) is 17.0 Å². The van der Waals surface area contributed by atoms with Gasteiger partial charge in [0.1, 0.15) is 0 Å². The lowest BCUT2D eigenvalue weighted by Crippen LogP contribution is -2.08. The Kier molecular flexibility index (Phi) is 3.48. The smallest absolute Gasteiger partial charge is 0.258 e. The van der Waals surface area contributed by atoms with Gasteiger partial charge in [0.2, 0.25) is 0 Å². The number of hydrogen-bond donors (Lipinski definition) is 1. The standard InChI is InChI=1S/C14H16N2O2S/c15-14(17)12-5-11-9(6-16-7-13(11)19-12)8-18-10-3-1-2-4-10/h5-7,10H,1-4,8H2,(H2,15,17). The van der Waals surface area contributed by atoms with Gasteiger partial charge in [0, 0.05) is 23.3 Å². The summed E-state index contributed by atoms with van der Waals surface area (Å²) in [5, 5.41) is 1.03. The van der Waals surface area contributed by atoms with E-state index in [0.717, 1.165) is 28.5 Å². The average molecular weight is 276 g/mol. The van der Waals surface area contributed by atoms with Crippen LogP contribution in [0, 0.1) is 0 Å². The van der Waals surface area contributed by atoms with Crippen molar-refractivity contribution in [3.8, 4) is 0 Å². The molecule has 0 radical (unpaired) electrons. The van der Waals surface area contributed by atoms with Crippen molar-refractivity contribution in [3.05, 3.63) is 28.9 Å². The molecule has 2 N–H and O–H groups in total. The zero-order valence-electron chi connectivity index (χ0n) is 10.6. The molecule has 1 aliphatic carbocycles. The van der Waals surface area contributed by atoms with E-state index < -0.39 is 0 Å². The molecule has 4 nitrogen and oxygen atoms in total. The van der Waals surface area contributed by atoms with Crippen molar-refractivity contribution >= 4 is 27.3 Å². The molecule has 2 aromatic heterocycles. The third kappa shape index (κ3) is 2.62. The summed E-state index contributed by atoms with van der Waals surface area (Å²) in [6.45, 7) is 0.559. The molecule has 0 aliphatic heterocycles. The number of hydrogen-bond acceptors (Lipinski definition) is 4. The number of nitrogens with zero attached hydrogens (tertiary/aromatic N) is 1. The van der Waals surface area contributed by atoms with Gasteiger partial charge in [-0.05, 0) is 18.9 Å². The molecule has 19 heavy (non-hydrogen) atoms. The quantitative estimate of drug-likeness (QED) is 0.933. The lowest BCUT2D eigenvalue weighted by molar-refractivity contribution is 0.0462. The molecule has 0 saturated heterocycles. The van der Waals surface area contributed by atoms with Crippen LogP contribution in [-0.2, 0) is 11.3 Å². The van der Waals surface area contributed by atoms with Crippen molar-refractivity contribution in [3.63, 3.8) is 0 Å². The van der Waals surface area contributed by atoms with Crippen LogP contribution in [0.2, 0.25) is 0 Å². The van der Waals surface area contributed by atoms with Gasteiger partial charge in [-0.3, -0.25) is 9.78 Å². The Morgan fingerprint density at radius 1 is 1.42 bits per heavy atom. The molecule has 3 rings (SSSR count). The molecule has 1 aliphatic rings. The molecule has 2 heterocycles.